The molecule has 5 heterocycles. The number of sulfonamides is 1. The topological polar surface area (TPSA) is 117 Å². The Bertz CT molecular complexity index is 1250. The number of rotatable bonds is 7. The van der Waals surface area contributed by atoms with E-state index in [2.05, 4.69) is 35.0 Å². The summed E-state index contributed by atoms with van der Waals surface area (Å²) in [5.74, 6) is 0.849. The van der Waals surface area contributed by atoms with E-state index in [0.29, 0.717) is 49.0 Å². The van der Waals surface area contributed by atoms with E-state index in [4.69, 9.17) is 0 Å². The number of hydrogen-bond donors (Lipinski definition) is 2. The first-order valence-electron chi connectivity index (χ1n) is 10.8. The molecule has 2 fully saturated rings. The maximum atomic E-state index is 13.1. The number of nitrogens with one attached hydrogen (secondary N) is 2. The highest BCUT2D eigenvalue weighted by atomic mass is 32.2. The van der Waals surface area contributed by atoms with Crippen molar-refractivity contribution in [2.24, 2.45) is 5.92 Å². The zero-order valence-corrected chi connectivity index (χ0v) is 18.5. The maximum Gasteiger partial charge on any atom is 0.282 e. The summed E-state index contributed by atoms with van der Waals surface area (Å²) in [4.78, 5) is 15.0. The third kappa shape index (κ3) is 4.52. The van der Waals surface area contributed by atoms with Crippen molar-refractivity contribution in [3.8, 4) is 11.4 Å². The molecule has 1 unspecified atom stereocenters. The molecule has 2 aliphatic heterocycles. The summed E-state index contributed by atoms with van der Waals surface area (Å²) in [6.45, 7) is 2.82. The van der Waals surface area contributed by atoms with Crippen LogP contribution in [0.5, 0.6) is 0 Å². The molecule has 3 aromatic heterocycles. The molecule has 176 valence electrons. The number of fused-ring (bicyclic) bond motifs is 1. The number of anilines is 1. The second-order valence-corrected chi connectivity index (χ2v) is 10.4. The van der Waals surface area contributed by atoms with Gasteiger partial charge < -0.3 is 10.2 Å². The van der Waals surface area contributed by atoms with Gasteiger partial charge in [0.2, 0.25) is 10.0 Å². The quantitative estimate of drug-likeness (QED) is 0.521. The third-order valence-electron chi connectivity index (χ3n) is 6.12. The largest absolute Gasteiger partial charge is 0.356 e. The first-order valence-corrected chi connectivity index (χ1v) is 12.3. The van der Waals surface area contributed by atoms with Gasteiger partial charge >= 0.3 is 0 Å². The Balaban J connectivity index is 1.33. The molecule has 10 nitrogen and oxygen atoms in total. The summed E-state index contributed by atoms with van der Waals surface area (Å²) in [6.07, 6.45) is 2.12. The van der Waals surface area contributed by atoms with E-state index in [9.17, 15) is 17.2 Å². The predicted molar refractivity (Wildman–Crippen MR) is 117 cm³/mol. The van der Waals surface area contributed by atoms with Crippen molar-refractivity contribution in [1.82, 2.24) is 34.6 Å². The van der Waals surface area contributed by atoms with Crippen LogP contribution in [0.1, 0.15) is 25.0 Å². The average Bonchev–Trinajstić information content (AvgIpc) is 3.20. The molecule has 1 atom stereocenters. The Labute approximate surface area is 189 Å². The second kappa shape index (κ2) is 8.88. The van der Waals surface area contributed by atoms with Gasteiger partial charge in [0.05, 0.1) is 11.9 Å². The molecule has 3 aromatic rings. The molecule has 0 radical (unpaired) electrons. The first kappa shape index (κ1) is 22.0. The molecule has 0 saturated carbocycles. The predicted octanol–water partition coefficient (Wildman–Crippen LogP) is 1.23. The molecular weight excluding hydrogens is 454 g/mol. The summed E-state index contributed by atoms with van der Waals surface area (Å²) in [6, 6.07) is 4.54. The SMILES string of the molecule is O=S(=O)(NCC1CCCN(c2cc(-c3cnc4ccc(C(F)F)nn34)ncn2)C1)C1CNC1. The summed E-state index contributed by atoms with van der Waals surface area (Å²) in [5.41, 5.74) is 1.12. The van der Waals surface area contributed by atoms with Gasteiger partial charge in [-0.1, -0.05) is 0 Å². The van der Waals surface area contributed by atoms with Gasteiger partial charge in [0.1, 0.15) is 28.8 Å². The average molecular weight is 479 g/mol. The lowest BCUT2D eigenvalue weighted by Crippen LogP contribution is -2.56. The summed E-state index contributed by atoms with van der Waals surface area (Å²) in [7, 11) is -3.30. The fraction of sp³-hybridized carbons (Fsp3) is 0.500. The number of hydrogen-bond acceptors (Lipinski definition) is 8. The van der Waals surface area contributed by atoms with Gasteiger partial charge in [0.15, 0.2) is 5.65 Å². The van der Waals surface area contributed by atoms with Gasteiger partial charge in [0.25, 0.3) is 6.43 Å². The lowest BCUT2D eigenvalue weighted by Gasteiger charge is -2.34. The molecule has 33 heavy (non-hydrogen) atoms. The summed E-state index contributed by atoms with van der Waals surface area (Å²) < 4.78 is 55.0. The molecule has 0 amide bonds. The summed E-state index contributed by atoms with van der Waals surface area (Å²) in [5, 5.41) is 6.62. The van der Waals surface area contributed by atoms with Crippen LogP contribution < -0.4 is 14.9 Å². The fourth-order valence-corrected chi connectivity index (χ4v) is 5.49. The fourth-order valence-electron chi connectivity index (χ4n) is 4.11. The zero-order chi connectivity index (χ0) is 23.0. The van der Waals surface area contributed by atoms with Crippen LogP contribution in [0.15, 0.2) is 30.7 Å². The van der Waals surface area contributed by atoms with E-state index in [1.54, 1.807) is 12.3 Å². The van der Waals surface area contributed by atoms with Crippen molar-refractivity contribution >= 4 is 21.5 Å². The monoisotopic (exact) mass is 478 g/mol. The number of piperidine rings is 1. The zero-order valence-electron chi connectivity index (χ0n) is 17.7. The van der Waals surface area contributed by atoms with Crippen LogP contribution in [-0.2, 0) is 10.0 Å². The number of halogens is 2. The van der Waals surface area contributed by atoms with Crippen molar-refractivity contribution < 1.29 is 17.2 Å². The van der Waals surface area contributed by atoms with Gasteiger partial charge in [-0.2, -0.15) is 5.10 Å². The van der Waals surface area contributed by atoms with Crippen LogP contribution in [0.25, 0.3) is 17.0 Å². The van der Waals surface area contributed by atoms with E-state index in [0.717, 1.165) is 19.4 Å². The Morgan fingerprint density at radius 3 is 2.82 bits per heavy atom. The molecule has 2 aliphatic rings. The standard InChI is InChI=1S/C20H24F2N8O2S/c21-20(22)15-3-4-18-24-10-17(30(18)28-15)16-6-19(26-12-25-16)29-5-1-2-13(11-29)7-27-33(31,32)14-8-23-9-14/h3-4,6,10,12-14,20,23,27H,1-2,5,7-9,11H2. The first-order chi connectivity index (χ1) is 15.9. The molecule has 2 N–H and O–H groups in total. The molecule has 0 bridgehead atoms. The smallest absolute Gasteiger partial charge is 0.282 e. The Morgan fingerprint density at radius 2 is 2.06 bits per heavy atom. The maximum absolute atomic E-state index is 13.1. The van der Waals surface area contributed by atoms with Gasteiger partial charge in [-0.3, -0.25) is 0 Å². The molecule has 2 saturated heterocycles. The second-order valence-electron chi connectivity index (χ2n) is 8.36. The molecule has 0 aliphatic carbocycles. The van der Waals surface area contributed by atoms with Gasteiger partial charge in [-0.05, 0) is 30.9 Å². The molecule has 13 heteroatoms. The minimum absolute atomic E-state index is 0.158. The third-order valence-corrected chi connectivity index (χ3v) is 7.90. The lowest BCUT2D eigenvalue weighted by molar-refractivity contribution is 0.144. The molecular formula is C20H24F2N8O2S. The van der Waals surface area contributed by atoms with Crippen molar-refractivity contribution in [3.63, 3.8) is 0 Å². The Morgan fingerprint density at radius 1 is 1.21 bits per heavy atom. The minimum atomic E-state index is -3.30. The number of imidazole rings is 1. The highest BCUT2D eigenvalue weighted by molar-refractivity contribution is 7.90. The van der Waals surface area contributed by atoms with Crippen LogP contribution in [0.2, 0.25) is 0 Å². The van der Waals surface area contributed by atoms with Crippen LogP contribution in [-0.4, -0.2) is 71.0 Å². The van der Waals surface area contributed by atoms with Crippen molar-refractivity contribution in [2.75, 3.05) is 37.6 Å². The van der Waals surface area contributed by atoms with E-state index in [1.807, 2.05) is 0 Å². The van der Waals surface area contributed by atoms with Crippen molar-refractivity contribution in [3.05, 3.63) is 36.4 Å². The van der Waals surface area contributed by atoms with E-state index >= 15 is 0 Å². The number of aromatic nitrogens is 5. The van der Waals surface area contributed by atoms with Crippen molar-refractivity contribution in [1.29, 1.82) is 0 Å². The molecule has 5 rings (SSSR count). The van der Waals surface area contributed by atoms with E-state index < -0.39 is 16.4 Å². The minimum Gasteiger partial charge on any atom is -0.356 e. The normalized spacial score (nSPS) is 19.8. The van der Waals surface area contributed by atoms with Crippen LogP contribution >= 0.6 is 0 Å². The number of nitrogens with zero attached hydrogens (tertiary/aromatic N) is 6. The van der Waals surface area contributed by atoms with Crippen LogP contribution in [0, 0.1) is 5.92 Å². The van der Waals surface area contributed by atoms with Crippen molar-refractivity contribution in [2.45, 2.75) is 24.5 Å². The molecule has 0 spiro atoms. The molecule has 0 aromatic carbocycles. The highest BCUT2D eigenvalue weighted by Crippen LogP contribution is 2.26. The van der Waals surface area contributed by atoms with Gasteiger partial charge in [-0.25, -0.2) is 41.4 Å². The van der Waals surface area contributed by atoms with Crippen LogP contribution in [0.4, 0.5) is 14.6 Å². The Hall–Kier alpha value is -2.77. The Kier molecular flexibility index (Phi) is 5.93. The summed E-state index contributed by atoms with van der Waals surface area (Å²) >= 11 is 0. The highest BCUT2D eigenvalue weighted by Gasteiger charge is 2.32. The lowest BCUT2D eigenvalue weighted by atomic mass is 9.98. The van der Waals surface area contributed by atoms with E-state index in [1.165, 1.54) is 23.0 Å². The van der Waals surface area contributed by atoms with Crippen LogP contribution in [0.3, 0.4) is 0 Å². The number of alkyl halides is 2. The van der Waals surface area contributed by atoms with Gasteiger partial charge in [-0.15, -0.1) is 0 Å². The van der Waals surface area contributed by atoms with Gasteiger partial charge in [0, 0.05) is 38.8 Å². The van der Waals surface area contributed by atoms with E-state index in [-0.39, 0.29) is 16.9 Å².